The minimum absolute atomic E-state index is 0.0697. The summed E-state index contributed by atoms with van der Waals surface area (Å²) in [5.41, 5.74) is 3.52. The Balaban J connectivity index is 2.01. The second-order valence-electron chi connectivity index (χ2n) is 5.81. The predicted molar refractivity (Wildman–Crippen MR) is 98.0 cm³/mol. The summed E-state index contributed by atoms with van der Waals surface area (Å²) in [6, 6.07) is 20.8. The van der Waals surface area contributed by atoms with Crippen LogP contribution in [-0.4, -0.2) is 13.7 Å². The summed E-state index contributed by atoms with van der Waals surface area (Å²) in [5, 5.41) is 3.33. The monoisotopic (exact) mass is 321 g/mol. The quantitative estimate of drug-likeness (QED) is 0.677. The number of anilines is 1. The number of ether oxygens (including phenoxy) is 1. The SMILES string of the molecule is CCNc1ccc(C(c2ccc(OC)cc2)c2ccc(C)o2)cc1. The van der Waals surface area contributed by atoms with Crippen LogP contribution in [0.2, 0.25) is 0 Å². The average molecular weight is 321 g/mol. The highest BCUT2D eigenvalue weighted by atomic mass is 16.5. The molecule has 2 aromatic carbocycles. The molecule has 0 aliphatic heterocycles. The molecule has 0 aliphatic rings. The molecule has 0 bridgehead atoms. The van der Waals surface area contributed by atoms with E-state index in [9.17, 15) is 0 Å². The summed E-state index contributed by atoms with van der Waals surface area (Å²) in [4.78, 5) is 0. The Hall–Kier alpha value is -2.68. The van der Waals surface area contributed by atoms with Crippen molar-refractivity contribution < 1.29 is 9.15 Å². The maximum absolute atomic E-state index is 5.94. The van der Waals surface area contributed by atoms with Crippen molar-refractivity contribution in [2.45, 2.75) is 19.8 Å². The molecular formula is C21H23NO2. The zero-order valence-corrected chi connectivity index (χ0v) is 14.4. The van der Waals surface area contributed by atoms with E-state index in [0.29, 0.717) is 0 Å². The van der Waals surface area contributed by atoms with Crippen LogP contribution in [0, 0.1) is 6.92 Å². The number of aryl methyl sites for hydroxylation is 1. The van der Waals surface area contributed by atoms with Crippen molar-refractivity contribution in [2.75, 3.05) is 19.0 Å². The Morgan fingerprint density at radius 2 is 1.54 bits per heavy atom. The molecular weight excluding hydrogens is 298 g/mol. The fraction of sp³-hybridized carbons (Fsp3) is 0.238. The van der Waals surface area contributed by atoms with Gasteiger partial charge in [-0.2, -0.15) is 0 Å². The summed E-state index contributed by atoms with van der Waals surface area (Å²) in [7, 11) is 1.68. The first kappa shape index (κ1) is 16.2. The van der Waals surface area contributed by atoms with Crippen LogP contribution in [0.3, 0.4) is 0 Å². The molecule has 3 rings (SSSR count). The van der Waals surface area contributed by atoms with Crippen LogP contribution in [0.4, 0.5) is 5.69 Å². The van der Waals surface area contributed by atoms with Gasteiger partial charge in [0.1, 0.15) is 17.3 Å². The van der Waals surface area contributed by atoms with E-state index >= 15 is 0 Å². The van der Waals surface area contributed by atoms with Crippen LogP contribution in [0.5, 0.6) is 5.75 Å². The third-order valence-corrected chi connectivity index (χ3v) is 4.12. The second-order valence-corrected chi connectivity index (χ2v) is 5.81. The fourth-order valence-corrected chi connectivity index (χ4v) is 2.92. The van der Waals surface area contributed by atoms with Gasteiger partial charge >= 0.3 is 0 Å². The summed E-state index contributed by atoms with van der Waals surface area (Å²) in [6.45, 7) is 4.99. The molecule has 1 N–H and O–H groups in total. The highest BCUT2D eigenvalue weighted by Crippen LogP contribution is 2.34. The molecule has 0 fully saturated rings. The van der Waals surface area contributed by atoms with Gasteiger partial charge in [-0.15, -0.1) is 0 Å². The first-order valence-corrected chi connectivity index (χ1v) is 8.25. The highest BCUT2D eigenvalue weighted by Gasteiger charge is 2.20. The molecule has 0 aliphatic carbocycles. The third-order valence-electron chi connectivity index (χ3n) is 4.12. The first-order chi connectivity index (χ1) is 11.7. The van der Waals surface area contributed by atoms with Crippen LogP contribution >= 0.6 is 0 Å². The largest absolute Gasteiger partial charge is 0.497 e. The molecule has 124 valence electrons. The van der Waals surface area contributed by atoms with Gasteiger partial charge in [0.2, 0.25) is 0 Å². The maximum Gasteiger partial charge on any atom is 0.118 e. The van der Waals surface area contributed by atoms with Gasteiger partial charge in [-0.05, 0) is 61.4 Å². The molecule has 3 aromatic rings. The van der Waals surface area contributed by atoms with Crippen molar-refractivity contribution in [2.24, 2.45) is 0 Å². The van der Waals surface area contributed by atoms with Crippen LogP contribution in [0.25, 0.3) is 0 Å². The number of hydrogen-bond acceptors (Lipinski definition) is 3. The van der Waals surface area contributed by atoms with E-state index in [1.165, 1.54) is 11.1 Å². The number of rotatable bonds is 6. The van der Waals surface area contributed by atoms with Gasteiger partial charge < -0.3 is 14.5 Å². The van der Waals surface area contributed by atoms with Crippen LogP contribution < -0.4 is 10.1 Å². The van der Waals surface area contributed by atoms with Gasteiger partial charge in [-0.1, -0.05) is 24.3 Å². The molecule has 24 heavy (non-hydrogen) atoms. The lowest BCUT2D eigenvalue weighted by Gasteiger charge is -2.17. The molecule has 0 amide bonds. The van der Waals surface area contributed by atoms with Gasteiger partial charge in [-0.25, -0.2) is 0 Å². The van der Waals surface area contributed by atoms with Crippen molar-refractivity contribution in [3.05, 3.63) is 83.3 Å². The summed E-state index contributed by atoms with van der Waals surface area (Å²) < 4.78 is 11.2. The van der Waals surface area contributed by atoms with Crippen LogP contribution in [-0.2, 0) is 0 Å². The van der Waals surface area contributed by atoms with E-state index in [1.54, 1.807) is 7.11 Å². The van der Waals surface area contributed by atoms with Crippen molar-refractivity contribution in [3.63, 3.8) is 0 Å². The maximum atomic E-state index is 5.94. The topological polar surface area (TPSA) is 34.4 Å². The molecule has 3 heteroatoms. The second kappa shape index (κ2) is 7.26. The summed E-state index contributed by atoms with van der Waals surface area (Å²) in [6.07, 6.45) is 0. The molecule has 1 aromatic heterocycles. The van der Waals surface area contributed by atoms with Crippen molar-refractivity contribution >= 4 is 5.69 Å². The standard InChI is InChI=1S/C21H23NO2/c1-4-22-18-10-6-16(7-11-18)21(20-14-5-15(2)24-20)17-8-12-19(23-3)13-9-17/h5-14,21-22H,4H2,1-3H3. The highest BCUT2D eigenvalue weighted by molar-refractivity contribution is 5.49. The van der Waals surface area contributed by atoms with Crippen molar-refractivity contribution in [1.82, 2.24) is 0 Å². The molecule has 3 nitrogen and oxygen atoms in total. The Morgan fingerprint density at radius 1 is 0.917 bits per heavy atom. The number of furan rings is 1. The zero-order valence-electron chi connectivity index (χ0n) is 14.4. The van der Waals surface area contributed by atoms with Crippen LogP contribution in [0.15, 0.2) is 65.1 Å². The van der Waals surface area contributed by atoms with Crippen molar-refractivity contribution in [3.8, 4) is 5.75 Å². The lowest BCUT2D eigenvalue weighted by atomic mass is 9.89. The van der Waals surface area contributed by atoms with E-state index in [1.807, 2.05) is 25.1 Å². The van der Waals surface area contributed by atoms with E-state index in [4.69, 9.17) is 9.15 Å². The molecule has 1 heterocycles. The molecule has 0 radical (unpaired) electrons. The van der Waals surface area contributed by atoms with E-state index in [-0.39, 0.29) is 5.92 Å². The molecule has 1 unspecified atom stereocenters. The van der Waals surface area contributed by atoms with E-state index in [2.05, 4.69) is 54.7 Å². The van der Waals surface area contributed by atoms with Crippen molar-refractivity contribution in [1.29, 1.82) is 0 Å². The summed E-state index contributed by atoms with van der Waals surface area (Å²) >= 11 is 0. The normalized spacial score (nSPS) is 12.0. The molecule has 1 atom stereocenters. The van der Waals surface area contributed by atoms with Gasteiger partial charge in [-0.3, -0.25) is 0 Å². The smallest absolute Gasteiger partial charge is 0.118 e. The van der Waals surface area contributed by atoms with Gasteiger partial charge in [0.25, 0.3) is 0 Å². The number of nitrogens with one attached hydrogen (secondary N) is 1. The first-order valence-electron chi connectivity index (χ1n) is 8.25. The fourth-order valence-electron chi connectivity index (χ4n) is 2.92. The Labute approximate surface area is 143 Å². The summed E-state index contributed by atoms with van der Waals surface area (Å²) in [5.74, 6) is 2.80. The third kappa shape index (κ3) is 3.46. The lowest BCUT2D eigenvalue weighted by molar-refractivity contribution is 0.414. The number of benzene rings is 2. The lowest BCUT2D eigenvalue weighted by Crippen LogP contribution is -2.03. The number of hydrogen-bond donors (Lipinski definition) is 1. The van der Waals surface area contributed by atoms with Gasteiger partial charge in [0.05, 0.1) is 13.0 Å². The Bertz CT molecular complexity index is 772. The Morgan fingerprint density at radius 3 is 2.04 bits per heavy atom. The zero-order chi connectivity index (χ0) is 16.9. The van der Waals surface area contributed by atoms with E-state index in [0.717, 1.165) is 29.5 Å². The minimum atomic E-state index is 0.0697. The van der Waals surface area contributed by atoms with Gasteiger partial charge in [0.15, 0.2) is 0 Å². The van der Waals surface area contributed by atoms with Crippen LogP contribution in [0.1, 0.15) is 35.5 Å². The molecule has 0 spiro atoms. The van der Waals surface area contributed by atoms with Gasteiger partial charge in [0, 0.05) is 12.2 Å². The average Bonchev–Trinajstić information content (AvgIpc) is 3.03. The molecule has 0 saturated heterocycles. The van der Waals surface area contributed by atoms with E-state index < -0.39 is 0 Å². The minimum Gasteiger partial charge on any atom is -0.497 e. The Kier molecular flexibility index (Phi) is 4.90. The predicted octanol–water partition coefficient (Wildman–Crippen LogP) is 5.21. The number of methoxy groups -OCH3 is 1. The molecule has 0 saturated carbocycles.